The van der Waals surface area contributed by atoms with E-state index < -0.39 is 17.9 Å². The Morgan fingerprint density at radius 2 is 1.95 bits per heavy atom. The Kier molecular flexibility index (Phi) is 5.05. The summed E-state index contributed by atoms with van der Waals surface area (Å²) in [6.07, 6.45) is 0. The molecule has 0 saturated heterocycles. The summed E-state index contributed by atoms with van der Waals surface area (Å²) in [5, 5.41) is 13.9. The van der Waals surface area contributed by atoms with Crippen LogP contribution in [0.5, 0.6) is 0 Å². The summed E-state index contributed by atoms with van der Waals surface area (Å²) in [4.78, 5) is 33.7. The topological polar surface area (TPSA) is 95.5 Å². The minimum absolute atomic E-state index is 0.0299. The van der Waals surface area contributed by atoms with Crippen LogP contribution in [0.4, 0.5) is 5.69 Å². The van der Waals surface area contributed by atoms with Gasteiger partial charge in [-0.05, 0) is 25.1 Å². The summed E-state index contributed by atoms with van der Waals surface area (Å²) in [6, 6.07) is 3.74. The molecule has 1 aromatic rings. The monoisotopic (exact) mass is 328 g/mol. The van der Waals surface area contributed by atoms with Gasteiger partial charge in [-0.25, -0.2) is 4.79 Å². The van der Waals surface area contributed by atoms with E-state index in [2.05, 4.69) is 26.6 Å². The fourth-order valence-electron chi connectivity index (χ4n) is 1.41. The Balaban J connectivity index is 2.90. The van der Waals surface area contributed by atoms with Gasteiger partial charge in [-0.3, -0.25) is 9.59 Å². The van der Waals surface area contributed by atoms with Crippen LogP contribution in [0.15, 0.2) is 22.7 Å². The molecule has 0 spiro atoms. The van der Waals surface area contributed by atoms with Gasteiger partial charge in [0.2, 0.25) is 11.8 Å². The quantitative estimate of drug-likeness (QED) is 0.782. The Morgan fingerprint density at radius 3 is 2.47 bits per heavy atom. The molecule has 1 unspecified atom stereocenters. The molecule has 1 atom stereocenters. The van der Waals surface area contributed by atoms with E-state index in [0.717, 1.165) is 0 Å². The van der Waals surface area contributed by atoms with Crippen LogP contribution in [-0.4, -0.2) is 28.9 Å². The molecule has 1 aromatic carbocycles. The molecule has 0 aliphatic carbocycles. The lowest BCUT2D eigenvalue weighted by Crippen LogP contribution is -2.40. The number of carbonyl (C=O) groups excluding carboxylic acids is 2. The number of carbonyl (C=O) groups is 3. The molecule has 0 radical (unpaired) electrons. The molecule has 0 aromatic heterocycles. The number of benzene rings is 1. The van der Waals surface area contributed by atoms with Gasteiger partial charge in [-0.2, -0.15) is 0 Å². The predicted molar refractivity (Wildman–Crippen MR) is 73.0 cm³/mol. The van der Waals surface area contributed by atoms with Crippen LogP contribution in [0.1, 0.15) is 24.2 Å². The van der Waals surface area contributed by atoms with E-state index in [0.29, 0.717) is 4.47 Å². The van der Waals surface area contributed by atoms with Gasteiger partial charge in [0, 0.05) is 11.4 Å². The van der Waals surface area contributed by atoms with E-state index in [9.17, 15) is 14.4 Å². The minimum Gasteiger partial charge on any atom is -0.478 e. The first-order chi connectivity index (χ1) is 8.81. The summed E-state index contributed by atoms with van der Waals surface area (Å²) < 4.78 is 0.595. The van der Waals surface area contributed by atoms with E-state index in [4.69, 9.17) is 5.11 Å². The van der Waals surface area contributed by atoms with Crippen LogP contribution in [0.25, 0.3) is 0 Å². The third-order valence-corrected chi connectivity index (χ3v) is 2.78. The van der Waals surface area contributed by atoms with Gasteiger partial charge in [0.05, 0.1) is 11.3 Å². The van der Waals surface area contributed by atoms with Crippen molar-refractivity contribution in [3.63, 3.8) is 0 Å². The Hall–Kier alpha value is -1.89. The highest BCUT2D eigenvalue weighted by Crippen LogP contribution is 2.21. The van der Waals surface area contributed by atoms with E-state index in [1.54, 1.807) is 6.07 Å². The van der Waals surface area contributed by atoms with E-state index >= 15 is 0 Å². The second kappa shape index (κ2) is 6.33. The first kappa shape index (κ1) is 15.2. The molecule has 0 fully saturated rings. The maximum Gasteiger partial charge on any atom is 0.337 e. The van der Waals surface area contributed by atoms with Gasteiger partial charge in [-0.15, -0.1) is 0 Å². The zero-order valence-electron chi connectivity index (χ0n) is 10.4. The van der Waals surface area contributed by atoms with Crippen molar-refractivity contribution in [1.29, 1.82) is 0 Å². The number of nitrogens with one attached hydrogen (secondary N) is 2. The first-order valence-electron chi connectivity index (χ1n) is 5.42. The minimum atomic E-state index is -1.15. The van der Waals surface area contributed by atoms with Crippen LogP contribution >= 0.6 is 15.9 Å². The van der Waals surface area contributed by atoms with Crippen molar-refractivity contribution >= 4 is 39.4 Å². The molecule has 7 heteroatoms. The van der Waals surface area contributed by atoms with Crippen LogP contribution in [0, 0.1) is 0 Å². The first-order valence-corrected chi connectivity index (χ1v) is 6.21. The molecule has 0 heterocycles. The fourth-order valence-corrected chi connectivity index (χ4v) is 1.77. The van der Waals surface area contributed by atoms with Crippen molar-refractivity contribution in [3.8, 4) is 0 Å². The third-order valence-electron chi connectivity index (χ3n) is 2.28. The Labute approximate surface area is 118 Å². The number of anilines is 1. The zero-order valence-corrected chi connectivity index (χ0v) is 11.9. The van der Waals surface area contributed by atoms with Gasteiger partial charge in [0.1, 0.15) is 6.04 Å². The molecular weight excluding hydrogens is 316 g/mol. The number of carboxylic acid groups (broad SMARTS) is 1. The molecular formula is C12H13BrN2O4. The Bertz CT molecular complexity index is 530. The fraction of sp³-hybridized carbons (Fsp3) is 0.250. The van der Waals surface area contributed by atoms with Crippen molar-refractivity contribution in [2.45, 2.75) is 19.9 Å². The van der Waals surface area contributed by atoms with Gasteiger partial charge in [0.25, 0.3) is 0 Å². The van der Waals surface area contributed by atoms with Crippen LogP contribution in [-0.2, 0) is 9.59 Å². The molecule has 19 heavy (non-hydrogen) atoms. The summed E-state index contributed by atoms with van der Waals surface area (Å²) in [7, 11) is 0. The number of hydrogen-bond donors (Lipinski definition) is 3. The smallest absolute Gasteiger partial charge is 0.337 e. The summed E-state index contributed by atoms with van der Waals surface area (Å²) in [5.74, 6) is -1.97. The van der Waals surface area contributed by atoms with Gasteiger partial charge in [-0.1, -0.05) is 15.9 Å². The van der Waals surface area contributed by atoms with E-state index in [1.807, 2.05) is 0 Å². The number of hydrogen-bond acceptors (Lipinski definition) is 3. The standard InChI is InChI=1S/C12H13BrN2O4/c1-6(14-7(2)16)11(17)15-10-4-3-8(13)5-9(10)12(18)19/h3-6H,1-2H3,(H,14,16)(H,15,17)(H,18,19). The highest BCUT2D eigenvalue weighted by molar-refractivity contribution is 9.10. The number of aromatic carboxylic acids is 1. The lowest BCUT2D eigenvalue weighted by atomic mass is 10.1. The average molecular weight is 329 g/mol. The summed E-state index contributed by atoms with van der Waals surface area (Å²) in [6.45, 7) is 2.81. The van der Waals surface area contributed by atoms with Crippen LogP contribution in [0.3, 0.4) is 0 Å². The van der Waals surface area contributed by atoms with Crippen molar-refractivity contribution < 1.29 is 19.5 Å². The van der Waals surface area contributed by atoms with E-state index in [-0.39, 0.29) is 17.2 Å². The highest BCUT2D eigenvalue weighted by Gasteiger charge is 2.17. The number of amides is 2. The Morgan fingerprint density at radius 1 is 1.32 bits per heavy atom. The molecule has 102 valence electrons. The maximum absolute atomic E-state index is 11.8. The van der Waals surface area contributed by atoms with Crippen molar-refractivity contribution in [2.75, 3.05) is 5.32 Å². The second-order valence-corrected chi connectivity index (χ2v) is 4.82. The number of halogens is 1. The molecule has 0 bridgehead atoms. The molecule has 3 N–H and O–H groups in total. The van der Waals surface area contributed by atoms with Gasteiger partial charge < -0.3 is 15.7 Å². The largest absolute Gasteiger partial charge is 0.478 e. The van der Waals surface area contributed by atoms with Crippen LogP contribution in [0.2, 0.25) is 0 Å². The van der Waals surface area contributed by atoms with Crippen molar-refractivity contribution in [1.82, 2.24) is 5.32 Å². The predicted octanol–water partition coefficient (Wildman–Crippen LogP) is 1.61. The van der Waals surface area contributed by atoms with Gasteiger partial charge in [0.15, 0.2) is 0 Å². The molecule has 6 nitrogen and oxygen atoms in total. The third kappa shape index (κ3) is 4.36. The number of rotatable bonds is 4. The molecule has 1 rings (SSSR count). The maximum atomic E-state index is 11.8. The zero-order chi connectivity index (χ0) is 14.6. The van der Waals surface area contributed by atoms with Crippen LogP contribution < -0.4 is 10.6 Å². The molecule has 0 saturated carbocycles. The van der Waals surface area contributed by atoms with Crippen molar-refractivity contribution in [2.24, 2.45) is 0 Å². The lowest BCUT2D eigenvalue weighted by molar-refractivity contribution is -0.124. The average Bonchev–Trinajstić information content (AvgIpc) is 2.30. The molecule has 2 amide bonds. The number of carboxylic acids is 1. The highest BCUT2D eigenvalue weighted by atomic mass is 79.9. The van der Waals surface area contributed by atoms with E-state index in [1.165, 1.54) is 26.0 Å². The molecule has 0 aliphatic heterocycles. The summed E-state index contributed by atoms with van der Waals surface area (Å²) >= 11 is 3.16. The van der Waals surface area contributed by atoms with Crippen molar-refractivity contribution in [3.05, 3.63) is 28.2 Å². The summed E-state index contributed by atoms with van der Waals surface area (Å²) in [5.41, 5.74) is 0.149. The second-order valence-electron chi connectivity index (χ2n) is 3.91. The molecule has 0 aliphatic rings. The normalized spacial score (nSPS) is 11.5. The van der Waals surface area contributed by atoms with Gasteiger partial charge >= 0.3 is 5.97 Å². The SMILES string of the molecule is CC(=O)NC(C)C(=O)Nc1ccc(Br)cc1C(=O)O. The lowest BCUT2D eigenvalue weighted by Gasteiger charge is -2.14.